The fourth-order valence-electron chi connectivity index (χ4n) is 6.61. The van der Waals surface area contributed by atoms with Crippen LogP contribution in [0.4, 0.5) is 0 Å². The van der Waals surface area contributed by atoms with Crippen molar-refractivity contribution in [1.29, 1.82) is 0 Å². The van der Waals surface area contributed by atoms with Crippen molar-refractivity contribution in [2.75, 3.05) is 0 Å². The summed E-state index contributed by atoms with van der Waals surface area (Å²) in [6.07, 6.45) is 3.44. The molecule has 0 amide bonds. The van der Waals surface area contributed by atoms with Crippen molar-refractivity contribution < 1.29 is 0 Å². The molecule has 5 aromatic rings. The highest BCUT2D eigenvalue weighted by molar-refractivity contribution is 5.97. The first-order chi connectivity index (χ1) is 16.8. The van der Waals surface area contributed by atoms with Crippen molar-refractivity contribution in [2.45, 2.75) is 18.8 Å². The van der Waals surface area contributed by atoms with Gasteiger partial charge in [0.1, 0.15) is 0 Å². The summed E-state index contributed by atoms with van der Waals surface area (Å²) in [6.45, 7) is 2.16. The number of para-hydroxylation sites is 1. The average molecular weight is 436 g/mol. The zero-order chi connectivity index (χ0) is 22.7. The van der Waals surface area contributed by atoms with Gasteiger partial charge in [0.15, 0.2) is 0 Å². The molecule has 1 aromatic heterocycles. The highest BCUT2D eigenvalue weighted by atomic mass is 14.7. The Morgan fingerprint density at radius 1 is 0.706 bits per heavy atom. The van der Waals surface area contributed by atoms with Gasteiger partial charge in [0, 0.05) is 17.0 Å². The molecule has 1 heterocycles. The monoisotopic (exact) mass is 435 g/mol. The molecule has 0 radical (unpaired) electrons. The number of pyridine rings is 1. The number of aromatic nitrogens is 1. The van der Waals surface area contributed by atoms with Crippen molar-refractivity contribution in [2.24, 2.45) is 5.92 Å². The summed E-state index contributed by atoms with van der Waals surface area (Å²) < 4.78 is 0. The molecular formula is C33H25N. The standard InChI is InChI=1S/C33H25N/c1-22-27-20-29-25-16-8-10-18-30(25)33(23-12-4-2-5-13-23,24-14-6-3-7-15-24)31(29)21-28(27)26-17-9-11-19-32(26)34-22/h2-20,31H,21H2,1H3. The zero-order valence-corrected chi connectivity index (χ0v) is 19.2. The number of hydrogen-bond donors (Lipinski definition) is 0. The van der Waals surface area contributed by atoms with Crippen LogP contribution >= 0.6 is 0 Å². The molecule has 2 aliphatic rings. The largest absolute Gasteiger partial charge is 0.252 e. The van der Waals surface area contributed by atoms with E-state index in [1.54, 1.807) is 0 Å². The van der Waals surface area contributed by atoms with Gasteiger partial charge in [-0.1, -0.05) is 103 Å². The van der Waals surface area contributed by atoms with Crippen LogP contribution in [-0.2, 0) is 11.8 Å². The van der Waals surface area contributed by atoms with E-state index in [1.807, 2.05) is 0 Å². The van der Waals surface area contributed by atoms with Crippen LogP contribution < -0.4 is 0 Å². The highest BCUT2D eigenvalue weighted by Gasteiger charge is 2.52. The molecule has 0 spiro atoms. The number of benzene rings is 4. The third-order valence-electron chi connectivity index (χ3n) is 7.96. The predicted molar refractivity (Wildman–Crippen MR) is 141 cm³/mol. The van der Waals surface area contributed by atoms with Gasteiger partial charge in [-0.2, -0.15) is 0 Å². The predicted octanol–water partition coefficient (Wildman–Crippen LogP) is 7.60. The van der Waals surface area contributed by atoms with Crippen LogP contribution in [0.15, 0.2) is 109 Å². The number of nitrogens with zero attached hydrogens (tertiary/aromatic N) is 1. The second kappa shape index (κ2) is 7.27. The van der Waals surface area contributed by atoms with Gasteiger partial charge >= 0.3 is 0 Å². The van der Waals surface area contributed by atoms with Crippen LogP contribution in [0.5, 0.6) is 0 Å². The van der Waals surface area contributed by atoms with Gasteiger partial charge in [-0.3, -0.25) is 4.98 Å². The Morgan fingerprint density at radius 3 is 2.06 bits per heavy atom. The third kappa shape index (κ3) is 2.53. The molecule has 0 bridgehead atoms. The maximum absolute atomic E-state index is 4.97. The summed E-state index contributed by atoms with van der Waals surface area (Å²) in [4.78, 5) is 4.97. The van der Waals surface area contributed by atoms with Gasteiger partial charge < -0.3 is 0 Å². The lowest BCUT2D eigenvalue weighted by molar-refractivity contribution is 0.478. The van der Waals surface area contributed by atoms with Crippen LogP contribution in [0.2, 0.25) is 0 Å². The lowest BCUT2D eigenvalue weighted by Crippen LogP contribution is -2.36. The van der Waals surface area contributed by atoms with Crippen molar-refractivity contribution in [1.82, 2.24) is 4.98 Å². The van der Waals surface area contributed by atoms with Crippen LogP contribution in [0.3, 0.4) is 0 Å². The molecule has 0 aliphatic heterocycles. The van der Waals surface area contributed by atoms with Gasteiger partial charge in [0.2, 0.25) is 0 Å². The first kappa shape index (κ1) is 19.5. The number of aryl methyl sites for hydroxylation is 1. The SMILES string of the molecule is Cc1nc2ccccc2c2c1C=C1c3ccccc3C(c3ccccc3)(c3ccccc3)C1C2. The molecular weight excluding hydrogens is 410 g/mol. The van der Waals surface area contributed by atoms with Crippen molar-refractivity contribution in [3.63, 3.8) is 0 Å². The van der Waals surface area contributed by atoms with Crippen molar-refractivity contribution in [3.8, 4) is 0 Å². The summed E-state index contributed by atoms with van der Waals surface area (Å²) in [5.41, 5.74) is 11.7. The Bertz CT molecular complexity index is 1540. The molecule has 162 valence electrons. The van der Waals surface area contributed by atoms with Gasteiger partial charge in [-0.25, -0.2) is 0 Å². The molecule has 2 aliphatic carbocycles. The van der Waals surface area contributed by atoms with Gasteiger partial charge in [-0.05, 0) is 64.4 Å². The molecule has 1 unspecified atom stereocenters. The second-order valence-corrected chi connectivity index (χ2v) is 9.55. The number of rotatable bonds is 2. The average Bonchev–Trinajstić information content (AvgIpc) is 3.19. The maximum atomic E-state index is 4.97. The smallest absolute Gasteiger partial charge is 0.0708 e. The Balaban J connectivity index is 1.60. The Labute approximate surface area is 200 Å². The first-order valence-electron chi connectivity index (χ1n) is 12.1. The summed E-state index contributed by atoms with van der Waals surface area (Å²) in [6, 6.07) is 39.9. The molecule has 1 heteroatoms. The molecule has 0 N–H and O–H groups in total. The number of hydrogen-bond acceptors (Lipinski definition) is 1. The van der Waals surface area contributed by atoms with E-state index >= 15 is 0 Å². The second-order valence-electron chi connectivity index (χ2n) is 9.55. The first-order valence-corrected chi connectivity index (χ1v) is 12.1. The Hall–Kier alpha value is -3.97. The topological polar surface area (TPSA) is 12.9 Å². The molecule has 7 rings (SSSR count). The maximum Gasteiger partial charge on any atom is 0.0708 e. The molecule has 1 nitrogen and oxygen atoms in total. The summed E-state index contributed by atoms with van der Waals surface area (Å²) in [5.74, 6) is 0.312. The van der Waals surface area contributed by atoms with Gasteiger partial charge in [-0.15, -0.1) is 0 Å². The third-order valence-corrected chi connectivity index (χ3v) is 7.96. The lowest BCUT2D eigenvalue weighted by atomic mass is 9.62. The fourth-order valence-corrected chi connectivity index (χ4v) is 6.61. The Morgan fingerprint density at radius 2 is 1.32 bits per heavy atom. The van der Waals surface area contributed by atoms with E-state index in [4.69, 9.17) is 4.98 Å². The Kier molecular flexibility index (Phi) is 4.17. The van der Waals surface area contributed by atoms with E-state index < -0.39 is 0 Å². The van der Waals surface area contributed by atoms with Crippen LogP contribution in [0.1, 0.15) is 39.1 Å². The highest BCUT2D eigenvalue weighted by Crippen LogP contribution is 2.60. The molecule has 34 heavy (non-hydrogen) atoms. The quantitative estimate of drug-likeness (QED) is 0.278. The minimum absolute atomic E-state index is 0.235. The minimum atomic E-state index is -0.235. The normalized spacial score (nSPS) is 17.6. The number of allylic oxidation sites excluding steroid dienone is 1. The van der Waals surface area contributed by atoms with E-state index in [0.717, 1.165) is 17.6 Å². The van der Waals surface area contributed by atoms with Crippen LogP contribution in [-0.4, -0.2) is 4.98 Å². The van der Waals surface area contributed by atoms with Crippen LogP contribution in [0, 0.1) is 12.8 Å². The summed E-state index contributed by atoms with van der Waals surface area (Å²) >= 11 is 0. The lowest BCUT2D eigenvalue weighted by Gasteiger charge is -2.40. The van der Waals surface area contributed by atoms with Gasteiger partial charge in [0.05, 0.1) is 10.9 Å². The van der Waals surface area contributed by atoms with E-state index in [2.05, 4.69) is 122 Å². The minimum Gasteiger partial charge on any atom is -0.252 e. The van der Waals surface area contributed by atoms with E-state index in [9.17, 15) is 0 Å². The molecule has 1 atom stereocenters. The van der Waals surface area contributed by atoms with Gasteiger partial charge in [0.25, 0.3) is 0 Å². The van der Waals surface area contributed by atoms with E-state index in [0.29, 0.717) is 5.92 Å². The summed E-state index contributed by atoms with van der Waals surface area (Å²) in [7, 11) is 0. The summed E-state index contributed by atoms with van der Waals surface area (Å²) in [5, 5.41) is 1.28. The molecule has 0 fully saturated rings. The molecule has 0 saturated carbocycles. The van der Waals surface area contributed by atoms with Crippen LogP contribution in [0.25, 0.3) is 22.6 Å². The van der Waals surface area contributed by atoms with E-state index in [1.165, 1.54) is 44.3 Å². The number of fused-ring (bicyclic) bond motifs is 6. The fraction of sp³-hybridized carbons (Fsp3) is 0.121. The van der Waals surface area contributed by atoms with Crippen molar-refractivity contribution in [3.05, 3.63) is 148 Å². The zero-order valence-electron chi connectivity index (χ0n) is 19.2. The molecule has 0 saturated heterocycles. The van der Waals surface area contributed by atoms with Crippen molar-refractivity contribution >= 4 is 22.6 Å². The van der Waals surface area contributed by atoms with E-state index in [-0.39, 0.29) is 5.41 Å². The molecule has 4 aromatic carbocycles.